The van der Waals surface area contributed by atoms with Crippen molar-refractivity contribution in [1.29, 1.82) is 0 Å². The number of benzene rings is 3. The molecule has 1 unspecified atom stereocenters. The van der Waals surface area contributed by atoms with Crippen molar-refractivity contribution in [1.82, 2.24) is 15.5 Å². The third-order valence-electron chi connectivity index (χ3n) is 9.70. The largest absolute Gasteiger partial charge is 0.493 e. The molecule has 3 aromatic rings. The zero-order chi connectivity index (χ0) is 36.2. The van der Waals surface area contributed by atoms with Crippen LogP contribution >= 0.6 is 46.4 Å². The van der Waals surface area contributed by atoms with Crippen molar-refractivity contribution in [3.05, 3.63) is 105 Å². The lowest BCUT2D eigenvalue weighted by atomic mass is 9.82. The molecule has 3 aromatic carbocycles. The Bertz CT molecular complexity index is 1740. The maximum atomic E-state index is 14.1. The Morgan fingerprint density at radius 3 is 2.34 bits per heavy atom. The summed E-state index contributed by atoms with van der Waals surface area (Å²) in [6.07, 6.45) is 1.97. The number of fused-ring (bicyclic) bond motifs is 2. The molecule has 0 radical (unpaired) electrons. The molecule has 0 aliphatic carbocycles. The van der Waals surface area contributed by atoms with Crippen LogP contribution in [0.15, 0.2) is 66.2 Å². The summed E-state index contributed by atoms with van der Waals surface area (Å²) in [6, 6.07) is 19.3. The first-order valence-corrected chi connectivity index (χ1v) is 18.5. The normalized spacial score (nSPS) is 17.8. The number of amides is 2. The molecule has 2 atom stereocenters. The Hall–Kier alpha value is -2.94. The van der Waals surface area contributed by atoms with Crippen molar-refractivity contribution < 1.29 is 19.1 Å². The summed E-state index contributed by atoms with van der Waals surface area (Å²) in [5.74, 6) is 0.711. The Kier molecular flexibility index (Phi) is 12.4. The van der Waals surface area contributed by atoms with Gasteiger partial charge in [-0.25, -0.2) is 4.79 Å². The number of carbonyl (C=O) groups is 2. The summed E-state index contributed by atoms with van der Waals surface area (Å²) in [6.45, 7) is 11.2. The van der Waals surface area contributed by atoms with Gasteiger partial charge in [-0.1, -0.05) is 101 Å². The number of carbonyl (C=O) groups excluding carboxylic acids is 2. The molecule has 11 heteroatoms. The number of alkyl halides is 3. The van der Waals surface area contributed by atoms with Crippen molar-refractivity contribution in [2.45, 2.75) is 81.8 Å². The van der Waals surface area contributed by atoms with Gasteiger partial charge in [0.1, 0.15) is 5.75 Å². The molecule has 2 aliphatic rings. The van der Waals surface area contributed by atoms with E-state index in [1.165, 1.54) is 5.56 Å². The number of piperazine rings is 1. The smallest absolute Gasteiger partial charge is 0.411 e. The number of ether oxygens (including phenoxy) is 2. The van der Waals surface area contributed by atoms with Gasteiger partial charge in [0, 0.05) is 36.7 Å². The molecule has 0 saturated carbocycles. The van der Waals surface area contributed by atoms with Gasteiger partial charge in [0.2, 0.25) is 9.70 Å². The van der Waals surface area contributed by atoms with Crippen LogP contribution in [-0.2, 0) is 22.4 Å². The van der Waals surface area contributed by atoms with Crippen LogP contribution in [0.4, 0.5) is 4.79 Å². The van der Waals surface area contributed by atoms with Crippen molar-refractivity contribution in [2.24, 2.45) is 0 Å². The highest BCUT2D eigenvalue weighted by atomic mass is 35.6. The van der Waals surface area contributed by atoms with E-state index in [9.17, 15) is 9.59 Å². The Morgan fingerprint density at radius 1 is 0.940 bits per heavy atom. The summed E-state index contributed by atoms with van der Waals surface area (Å²) >= 11 is 24.8. The second kappa shape index (κ2) is 16.2. The summed E-state index contributed by atoms with van der Waals surface area (Å²) < 4.78 is 10.2. The predicted molar refractivity (Wildman–Crippen MR) is 204 cm³/mol. The molecule has 2 aliphatic heterocycles. The second-order valence-corrected chi connectivity index (χ2v) is 16.3. The van der Waals surface area contributed by atoms with Crippen molar-refractivity contribution in [3.8, 4) is 5.75 Å². The van der Waals surface area contributed by atoms with Crippen LogP contribution in [0.5, 0.6) is 5.75 Å². The Morgan fingerprint density at radius 2 is 1.64 bits per heavy atom. The lowest BCUT2D eigenvalue weighted by molar-refractivity contribution is -0.118. The van der Waals surface area contributed by atoms with E-state index in [0.29, 0.717) is 49.7 Å². The van der Waals surface area contributed by atoms with Gasteiger partial charge in [-0.2, -0.15) is 0 Å². The molecule has 0 spiro atoms. The van der Waals surface area contributed by atoms with Crippen LogP contribution < -0.4 is 15.4 Å². The van der Waals surface area contributed by atoms with E-state index < -0.39 is 21.5 Å². The highest BCUT2D eigenvalue weighted by molar-refractivity contribution is 6.68. The van der Waals surface area contributed by atoms with Crippen molar-refractivity contribution in [3.63, 3.8) is 0 Å². The summed E-state index contributed by atoms with van der Waals surface area (Å²) in [5.41, 5.74) is 6.60. The van der Waals surface area contributed by atoms with E-state index >= 15 is 0 Å². The number of rotatable bonds is 11. The van der Waals surface area contributed by atoms with E-state index in [4.69, 9.17) is 55.9 Å². The molecule has 0 aromatic heterocycles. The Balaban J connectivity index is 1.38. The second-order valence-electron chi connectivity index (χ2n) is 13.6. The lowest BCUT2D eigenvalue weighted by Crippen LogP contribution is -2.64. The molecule has 2 amide bonds. The predicted octanol–water partition coefficient (Wildman–Crippen LogP) is 8.72. The number of halogens is 4. The molecule has 268 valence electrons. The van der Waals surface area contributed by atoms with Crippen LogP contribution in [0.3, 0.4) is 0 Å². The van der Waals surface area contributed by atoms with Crippen molar-refractivity contribution in [2.75, 3.05) is 26.2 Å². The average Bonchev–Trinajstić information content (AvgIpc) is 3.06. The minimum absolute atomic E-state index is 0.230. The van der Waals surface area contributed by atoms with Crippen LogP contribution in [0.1, 0.15) is 60.1 Å². The first-order chi connectivity index (χ1) is 23.7. The first-order valence-electron chi connectivity index (χ1n) is 17.0. The van der Waals surface area contributed by atoms with E-state index in [0.717, 1.165) is 52.0 Å². The van der Waals surface area contributed by atoms with Gasteiger partial charge in [-0.05, 0) is 98.9 Å². The fourth-order valence-corrected chi connectivity index (χ4v) is 6.88. The maximum Gasteiger partial charge on any atom is 0.411 e. The van der Waals surface area contributed by atoms with E-state index in [2.05, 4.69) is 67.8 Å². The fourth-order valence-electron chi connectivity index (χ4n) is 6.53. The number of hydrogen-bond donors (Lipinski definition) is 2. The van der Waals surface area contributed by atoms with E-state index in [-0.39, 0.29) is 11.9 Å². The standard InChI is InChI=1S/C39H45Cl4N3O4/c1-24-12-13-25(2)35(26(24)3)49-20-18-27-14-16-28(17-15-27)31-21-30-22-44-23-33(46(30)37(48)50-38(4,5)39(41,42)43)34(31)36(47)45-19-8-10-29-9-6-7-11-32(29)40/h6-7,9,11-17,30,33,44H,8,10,18-23H2,1-5H3,(H,45,47)/t30?,33-/m1/s1. The summed E-state index contributed by atoms with van der Waals surface area (Å²) in [5, 5.41) is 7.23. The zero-order valence-electron chi connectivity index (χ0n) is 29.2. The quantitative estimate of drug-likeness (QED) is 0.151. The molecule has 2 bridgehead atoms. The van der Waals surface area contributed by atoms with Crippen LogP contribution in [-0.4, -0.2) is 64.6 Å². The molecule has 1 saturated heterocycles. The van der Waals surface area contributed by atoms with Gasteiger partial charge in [0.05, 0.1) is 18.7 Å². The van der Waals surface area contributed by atoms with Gasteiger partial charge >= 0.3 is 6.09 Å². The van der Waals surface area contributed by atoms with Gasteiger partial charge in [-0.3, -0.25) is 9.69 Å². The molecule has 1 fully saturated rings. The fraction of sp³-hybridized carbons (Fsp3) is 0.436. The van der Waals surface area contributed by atoms with E-state index in [1.54, 1.807) is 18.7 Å². The molecule has 5 rings (SSSR count). The third kappa shape index (κ3) is 8.74. The van der Waals surface area contributed by atoms with Gasteiger partial charge in [0.15, 0.2) is 5.60 Å². The van der Waals surface area contributed by atoms with Crippen molar-refractivity contribution >= 4 is 64.0 Å². The zero-order valence-corrected chi connectivity index (χ0v) is 32.2. The monoisotopic (exact) mass is 759 g/mol. The summed E-state index contributed by atoms with van der Waals surface area (Å²) in [4.78, 5) is 29.5. The first kappa shape index (κ1) is 38.3. The van der Waals surface area contributed by atoms with E-state index in [1.807, 2.05) is 24.3 Å². The molecule has 2 heterocycles. The number of aryl methyl sites for hydroxylation is 3. The summed E-state index contributed by atoms with van der Waals surface area (Å²) in [7, 11) is 0. The van der Waals surface area contributed by atoms with Gasteiger partial charge in [0.25, 0.3) is 0 Å². The molecule has 2 N–H and O–H groups in total. The molecular formula is C39H45Cl4N3O4. The van der Waals surface area contributed by atoms with Gasteiger partial charge < -0.3 is 20.1 Å². The highest BCUT2D eigenvalue weighted by Crippen LogP contribution is 2.42. The third-order valence-corrected chi connectivity index (χ3v) is 11.4. The lowest BCUT2D eigenvalue weighted by Gasteiger charge is -2.48. The maximum absolute atomic E-state index is 14.1. The van der Waals surface area contributed by atoms with Crippen LogP contribution in [0.25, 0.3) is 5.57 Å². The van der Waals surface area contributed by atoms with Gasteiger partial charge in [-0.15, -0.1) is 0 Å². The SMILES string of the molecule is Cc1ccc(C)c(OCCc2ccc(C3=C(C(=O)NCCCc4ccccc4Cl)[C@H]4CNCC(C3)N4C(=O)OC(C)(C)C(Cl)(Cl)Cl)cc2)c1C. The molecule has 7 nitrogen and oxygen atoms in total. The Labute approximate surface area is 315 Å². The number of nitrogens with zero attached hydrogens (tertiary/aromatic N) is 1. The topological polar surface area (TPSA) is 79.9 Å². The highest BCUT2D eigenvalue weighted by Gasteiger charge is 2.49. The molecular weight excluding hydrogens is 716 g/mol. The number of nitrogens with one attached hydrogen (secondary N) is 2. The number of hydrogen-bond acceptors (Lipinski definition) is 5. The minimum atomic E-state index is -1.85. The van der Waals surface area contributed by atoms with Crippen LogP contribution in [0.2, 0.25) is 5.02 Å². The molecule has 50 heavy (non-hydrogen) atoms. The minimum Gasteiger partial charge on any atom is -0.493 e. The van der Waals surface area contributed by atoms with Crippen LogP contribution in [0, 0.1) is 20.8 Å². The average molecular weight is 762 g/mol.